The minimum atomic E-state index is 0.341. The second kappa shape index (κ2) is 4.88. The number of aryl methyl sites for hydroxylation is 1. The molecular weight excluding hydrogens is 250 g/mol. The standard InChI is InChI=1S/C13H16ClN3O/c1-17-12(7-9-8-18-6-5-15-9)16-11-4-2-3-10(14)13(11)17/h2-4,9,15H,5-8H2,1H3. The molecule has 96 valence electrons. The van der Waals surface area contributed by atoms with Crippen LogP contribution >= 0.6 is 11.6 Å². The molecule has 5 heteroatoms. The third kappa shape index (κ3) is 2.11. The number of benzene rings is 1. The van der Waals surface area contributed by atoms with E-state index in [4.69, 9.17) is 16.3 Å². The van der Waals surface area contributed by atoms with Crippen molar-refractivity contribution in [1.29, 1.82) is 0 Å². The van der Waals surface area contributed by atoms with Crippen molar-refractivity contribution in [1.82, 2.24) is 14.9 Å². The molecule has 1 unspecified atom stereocenters. The van der Waals surface area contributed by atoms with Gasteiger partial charge in [0.1, 0.15) is 5.82 Å². The summed E-state index contributed by atoms with van der Waals surface area (Å²) in [4.78, 5) is 4.65. The Morgan fingerprint density at radius 1 is 1.56 bits per heavy atom. The van der Waals surface area contributed by atoms with Gasteiger partial charge in [-0.2, -0.15) is 0 Å². The van der Waals surface area contributed by atoms with Crippen molar-refractivity contribution in [3.05, 3.63) is 29.0 Å². The van der Waals surface area contributed by atoms with E-state index in [1.54, 1.807) is 0 Å². The van der Waals surface area contributed by atoms with E-state index < -0.39 is 0 Å². The summed E-state index contributed by atoms with van der Waals surface area (Å²) >= 11 is 6.22. The molecule has 2 heterocycles. The van der Waals surface area contributed by atoms with Gasteiger partial charge in [0.25, 0.3) is 0 Å². The Labute approximate surface area is 111 Å². The lowest BCUT2D eigenvalue weighted by atomic mass is 10.2. The zero-order valence-electron chi connectivity index (χ0n) is 10.3. The Kier molecular flexibility index (Phi) is 3.24. The molecule has 0 aliphatic carbocycles. The fraction of sp³-hybridized carbons (Fsp3) is 0.462. The van der Waals surface area contributed by atoms with Gasteiger partial charge in [-0.1, -0.05) is 17.7 Å². The largest absolute Gasteiger partial charge is 0.379 e. The van der Waals surface area contributed by atoms with Crippen molar-refractivity contribution in [3.63, 3.8) is 0 Å². The highest BCUT2D eigenvalue weighted by Crippen LogP contribution is 2.24. The molecule has 1 atom stereocenters. The molecule has 3 rings (SSSR count). The fourth-order valence-corrected chi connectivity index (χ4v) is 2.72. The van der Waals surface area contributed by atoms with E-state index in [1.807, 2.05) is 25.2 Å². The molecule has 0 bridgehead atoms. The molecule has 1 saturated heterocycles. The quantitative estimate of drug-likeness (QED) is 0.899. The molecule has 0 saturated carbocycles. The lowest BCUT2D eigenvalue weighted by molar-refractivity contribution is 0.0762. The summed E-state index contributed by atoms with van der Waals surface area (Å²) in [7, 11) is 2.01. The van der Waals surface area contributed by atoms with Crippen LogP contribution in [-0.4, -0.2) is 35.4 Å². The molecule has 18 heavy (non-hydrogen) atoms. The molecular formula is C13H16ClN3O. The van der Waals surface area contributed by atoms with Gasteiger partial charge in [0.2, 0.25) is 0 Å². The Morgan fingerprint density at radius 2 is 2.44 bits per heavy atom. The number of halogens is 1. The van der Waals surface area contributed by atoms with Crippen LogP contribution in [0, 0.1) is 0 Å². The first-order valence-electron chi connectivity index (χ1n) is 6.16. The molecule has 0 amide bonds. The number of ether oxygens (including phenoxy) is 1. The summed E-state index contributed by atoms with van der Waals surface area (Å²) in [5, 5.41) is 4.19. The highest BCUT2D eigenvalue weighted by molar-refractivity contribution is 6.35. The van der Waals surface area contributed by atoms with Gasteiger partial charge in [0, 0.05) is 26.1 Å². The average Bonchev–Trinajstić information content (AvgIpc) is 2.69. The van der Waals surface area contributed by atoms with Gasteiger partial charge in [-0.25, -0.2) is 4.98 Å². The lowest BCUT2D eigenvalue weighted by Crippen LogP contribution is -2.42. The maximum atomic E-state index is 6.22. The van der Waals surface area contributed by atoms with Crippen LogP contribution in [0.15, 0.2) is 18.2 Å². The van der Waals surface area contributed by atoms with Crippen LogP contribution in [0.1, 0.15) is 5.82 Å². The van der Waals surface area contributed by atoms with Crippen LogP contribution in [0.3, 0.4) is 0 Å². The van der Waals surface area contributed by atoms with Crippen molar-refractivity contribution < 1.29 is 4.74 Å². The minimum Gasteiger partial charge on any atom is -0.379 e. The number of aromatic nitrogens is 2. The second-order valence-corrected chi connectivity index (χ2v) is 5.03. The number of para-hydroxylation sites is 1. The molecule has 0 spiro atoms. The molecule has 0 radical (unpaired) electrons. The zero-order chi connectivity index (χ0) is 12.5. The number of nitrogens with zero attached hydrogens (tertiary/aromatic N) is 2. The number of nitrogens with one attached hydrogen (secondary N) is 1. The SMILES string of the molecule is Cn1c(CC2COCCN2)nc2cccc(Cl)c21. The summed E-state index contributed by atoms with van der Waals surface area (Å²) < 4.78 is 7.54. The number of imidazole rings is 1. The molecule has 1 aliphatic heterocycles. The Morgan fingerprint density at radius 3 is 3.17 bits per heavy atom. The van der Waals surface area contributed by atoms with Crippen molar-refractivity contribution in [2.75, 3.05) is 19.8 Å². The maximum absolute atomic E-state index is 6.22. The van der Waals surface area contributed by atoms with E-state index in [0.29, 0.717) is 6.04 Å². The van der Waals surface area contributed by atoms with Crippen molar-refractivity contribution in [3.8, 4) is 0 Å². The maximum Gasteiger partial charge on any atom is 0.111 e. The molecule has 1 aromatic carbocycles. The number of rotatable bonds is 2. The van der Waals surface area contributed by atoms with Gasteiger partial charge in [-0.05, 0) is 12.1 Å². The highest BCUT2D eigenvalue weighted by Gasteiger charge is 2.18. The minimum absolute atomic E-state index is 0.341. The second-order valence-electron chi connectivity index (χ2n) is 4.62. The molecule has 1 fully saturated rings. The first-order valence-corrected chi connectivity index (χ1v) is 6.54. The molecule has 1 aromatic heterocycles. The zero-order valence-corrected chi connectivity index (χ0v) is 11.1. The van der Waals surface area contributed by atoms with Gasteiger partial charge in [-0.3, -0.25) is 0 Å². The van der Waals surface area contributed by atoms with E-state index in [-0.39, 0.29) is 0 Å². The summed E-state index contributed by atoms with van der Waals surface area (Å²) in [6, 6.07) is 6.17. The Balaban J connectivity index is 1.92. The fourth-order valence-electron chi connectivity index (χ4n) is 2.42. The first-order chi connectivity index (χ1) is 8.75. The summed E-state index contributed by atoms with van der Waals surface area (Å²) in [6.45, 7) is 2.46. The smallest absolute Gasteiger partial charge is 0.111 e. The van der Waals surface area contributed by atoms with Gasteiger partial charge in [-0.15, -0.1) is 0 Å². The topological polar surface area (TPSA) is 39.1 Å². The molecule has 1 N–H and O–H groups in total. The van der Waals surface area contributed by atoms with Gasteiger partial charge < -0.3 is 14.6 Å². The summed E-state index contributed by atoms with van der Waals surface area (Å²) in [5.41, 5.74) is 1.96. The highest BCUT2D eigenvalue weighted by atomic mass is 35.5. The van der Waals surface area contributed by atoms with Crippen LogP contribution < -0.4 is 5.32 Å². The first kappa shape index (κ1) is 12.0. The number of hydrogen-bond donors (Lipinski definition) is 1. The number of fused-ring (bicyclic) bond motifs is 1. The van der Waals surface area contributed by atoms with Crippen molar-refractivity contribution in [2.45, 2.75) is 12.5 Å². The van der Waals surface area contributed by atoms with E-state index in [9.17, 15) is 0 Å². The van der Waals surface area contributed by atoms with Gasteiger partial charge in [0.15, 0.2) is 0 Å². The molecule has 2 aromatic rings. The van der Waals surface area contributed by atoms with E-state index >= 15 is 0 Å². The van der Waals surface area contributed by atoms with Crippen LogP contribution in [0.25, 0.3) is 11.0 Å². The lowest BCUT2D eigenvalue weighted by Gasteiger charge is -2.23. The summed E-state index contributed by atoms with van der Waals surface area (Å²) in [6.07, 6.45) is 0.863. The van der Waals surface area contributed by atoms with E-state index in [2.05, 4.69) is 14.9 Å². The summed E-state index contributed by atoms with van der Waals surface area (Å²) in [5.74, 6) is 1.04. The predicted molar refractivity (Wildman–Crippen MR) is 72.0 cm³/mol. The van der Waals surface area contributed by atoms with Crippen LogP contribution in [0.5, 0.6) is 0 Å². The van der Waals surface area contributed by atoms with Gasteiger partial charge >= 0.3 is 0 Å². The third-order valence-electron chi connectivity index (χ3n) is 3.36. The van der Waals surface area contributed by atoms with Crippen molar-refractivity contribution >= 4 is 22.6 Å². The number of morpholine rings is 1. The van der Waals surface area contributed by atoms with Crippen LogP contribution in [0.4, 0.5) is 0 Å². The Bertz CT molecular complexity index is 561. The van der Waals surface area contributed by atoms with E-state index in [0.717, 1.165) is 48.1 Å². The normalized spacial score (nSPS) is 20.4. The predicted octanol–water partition coefficient (Wildman–Crippen LogP) is 1.76. The van der Waals surface area contributed by atoms with Crippen molar-refractivity contribution in [2.24, 2.45) is 7.05 Å². The molecule has 1 aliphatic rings. The monoisotopic (exact) mass is 265 g/mol. The van der Waals surface area contributed by atoms with Gasteiger partial charge in [0.05, 0.1) is 29.3 Å². The van der Waals surface area contributed by atoms with Crippen LogP contribution in [-0.2, 0) is 18.2 Å². The number of hydrogen-bond acceptors (Lipinski definition) is 3. The average molecular weight is 266 g/mol. The van der Waals surface area contributed by atoms with Crippen LogP contribution in [0.2, 0.25) is 5.02 Å². The molecule has 4 nitrogen and oxygen atoms in total. The van der Waals surface area contributed by atoms with E-state index in [1.165, 1.54) is 0 Å². The third-order valence-corrected chi connectivity index (χ3v) is 3.67. The Hall–Kier alpha value is -1.10.